The fourth-order valence-electron chi connectivity index (χ4n) is 4.92. The highest BCUT2D eigenvalue weighted by Crippen LogP contribution is 2.32. The highest BCUT2D eigenvalue weighted by atomic mass is 19.1. The van der Waals surface area contributed by atoms with Crippen molar-refractivity contribution in [1.29, 1.82) is 0 Å². The van der Waals surface area contributed by atoms with Gasteiger partial charge >= 0.3 is 0 Å². The number of amidine groups is 1. The molecule has 0 spiro atoms. The number of aromatic nitrogens is 5. The van der Waals surface area contributed by atoms with Gasteiger partial charge in [-0.3, -0.25) is 4.90 Å². The van der Waals surface area contributed by atoms with Gasteiger partial charge in [0, 0.05) is 36.3 Å². The van der Waals surface area contributed by atoms with E-state index in [4.69, 9.17) is 10.9 Å². The summed E-state index contributed by atoms with van der Waals surface area (Å²) in [5.74, 6) is 0.251. The number of halogens is 2. The van der Waals surface area contributed by atoms with Crippen LogP contribution in [0.1, 0.15) is 37.9 Å². The number of benzene rings is 1. The maximum Gasteiger partial charge on any atom is 0.229 e. The van der Waals surface area contributed by atoms with Gasteiger partial charge < -0.3 is 20.8 Å². The Balaban J connectivity index is 1.44. The lowest BCUT2D eigenvalue weighted by atomic mass is 10.1. The van der Waals surface area contributed by atoms with Crippen LogP contribution >= 0.6 is 0 Å². The predicted octanol–water partition coefficient (Wildman–Crippen LogP) is 4.08. The number of nitrogens with zero attached hydrogens (tertiary/aromatic N) is 7. The molecule has 4 heterocycles. The molecule has 0 unspecified atom stereocenters. The number of pyridine rings is 1. The monoisotopic (exact) mass is 521 g/mol. The van der Waals surface area contributed by atoms with Crippen LogP contribution in [0.25, 0.3) is 22.3 Å². The maximum absolute atomic E-state index is 15.1. The number of anilines is 2. The van der Waals surface area contributed by atoms with E-state index in [0.29, 0.717) is 43.2 Å². The highest BCUT2D eigenvalue weighted by molar-refractivity contribution is 5.83. The molecule has 1 aliphatic rings. The summed E-state index contributed by atoms with van der Waals surface area (Å²) in [6.07, 6.45) is 1.74. The summed E-state index contributed by atoms with van der Waals surface area (Å²) in [5, 5.41) is 14.9. The largest absolute Gasteiger partial charge is 0.409 e. The fourth-order valence-corrected chi connectivity index (χ4v) is 4.92. The first-order chi connectivity index (χ1) is 18.0. The number of nitrogens with two attached hydrogens (primary N) is 1. The third-order valence-corrected chi connectivity index (χ3v) is 6.45. The summed E-state index contributed by atoms with van der Waals surface area (Å²) < 4.78 is 31.9. The molecule has 0 aliphatic carbocycles. The highest BCUT2D eigenvalue weighted by Gasteiger charge is 2.23. The minimum atomic E-state index is -0.669. The van der Waals surface area contributed by atoms with Crippen LogP contribution in [0.4, 0.5) is 20.5 Å². The quantitative estimate of drug-likeness (QED) is 0.155. The van der Waals surface area contributed by atoms with Crippen LogP contribution < -0.4 is 11.1 Å². The van der Waals surface area contributed by atoms with Gasteiger partial charge in [0.25, 0.3) is 0 Å². The van der Waals surface area contributed by atoms with Crippen LogP contribution in [0, 0.1) is 18.6 Å². The normalized spacial score (nSPS) is 14.6. The van der Waals surface area contributed by atoms with Gasteiger partial charge in [-0.25, -0.2) is 28.7 Å². The van der Waals surface area contributed by atoms with E-state index in [-0.39, 0.29) is 34.1 Å². The van der Waals surface area contributed by atoms with Crippen LogP contribution in [0.3, 0.4) is 0 Å². The van der Waals surface area contributed by atoms with Crippen LogP contribution in [-0.2, 0) is 18.5 Å². The Labute approximate surface area is 218 Å². The lowest BCUT2D eigenvalue weighted by Gasteiger charge is -2.27. The molecule has 0 fully saturated rings. The third-order valence-electron chi connectivity index (χ3n) is 6.45. The topological polar surface area (TPSA) is 130 Å². The Morgan fingerprint density at radius 1 is 1.16 bits per heavy atom. The van der Waals surface area contributed by atoms with E-state index in [1.807, 2.05) is 38.3 Å². The molecule has 198 valence electrons. The van der Waals surface area contributed by atoms with E-state index in [2.05, 4.69) is 35.3 Å². The number of imidazole rings is 1. The summed E-state index contributed by atoms with van der Waals surface area (Å²) >= 11 is 0. The molecular formula is C26H29F2N9O. The van der Waals surface area contributed by atoms with E-state index in [0.717, 1.165) is 17.5 Å². The third kappa shape index (κ3) is 4.86. The molecule has 5 rings (SSSR count). The summed E-state index contributed by atoms with van der Waals surface area (Å²) in [6, 6.07) is 6.67. The molecule has 1 aliphatic heterocycles. The van der Waals surface area contributed by atoms with E-state index < -0.39 is 11.6 Å². The van der Waals surface area contributed by atoms with E-state index in [1.54, 1.807) is 12.1 Å². The van der Waals surface area contributed by atoms with Crippen molar-refractivity contribution in [2.45, 2.75) is 46.2 Å². The maximum atomic E-state index is 15.1. The zero-order valence-corrected chi connectivity index (χ0v) is 21.6. The zero-order chi connectivity index (χ0) is 27.2. The van der Waals surface area contributed by atoms with Crippen molar-refractivity contribution >= 4 is 28.6 Å². The van der Waals surface area contributed by atoms with Gasteiger partial charge in [0.1, 0.15) is 22.9 Å². The van der Waals surface area contributed by atoms with Gasteiger partial charge in [-0.15, -0.1) is 0 Å². The Kier molecular flexibility index (Phi) is 6.43. The molecule has 0 bridgehead atoms. The summed E-state index contributed by atoms with van der Waals surface area (Å²) in [7, 11) is 0. The molecule has 38 heavy (non-hydrogen) atoms. The zero-order valence-electron chi connectivity index (χ0n) is 21.6. The number of rotatable bonds is 5. The van der Waals surface area contributed by atoms with E-state index in [1.165, 1.54) is 6.07 Å². The van der Waals surface area contributed by atoms with Crippen molar-refractivity contribution in [3.63, 3.8) is 0 Å². The number of fused-ring (bicyclic) bond motifs is 2. The van der Waals surface area contributed by atoms with Gasteiger partial charge in [-0.2, -0.15) is 0 Å². The second kappa shape index (κ2) is 9.60. The van der Waals surface area contributed by atoms with Gasteiger partial charge in [0.15, 0.2) is 17.5 Å². The molecular weight excluding hydrogens is 492 g/mol. The van der Waals surface area contributed by atoms with Crippen molar-refractivity contribution < 1.29 is 14.0 Å². The second-order valence-electron chi connectivity index (χ2n) is 10.4. The average molecular weight is 522 g/mol. The van der Waals surface area contributed by atoms with Gasteiger partial charge in [0.05, 0.1) is 18.3 Å². The molecule has 10 nitrogen and oxygen atoms in total. The first-order valence-corrected chi connectivity index (χ1v) is 12.2. The Morgan fingerprint density at radius 2 is 1.95 bits per heavy atom. The number of aryl methyl sites for hydroxylation is 1. The van der Waals surface area contributed by atoms with Crippen molar-refractivity contribution in [3.05, 3.63) is 59.2 Å². The molecule has 0 saturated carbocycles. The SMILES string of the molecule is Cc1nc2c(F)cc(-c3nc(Nc4ccc5c(n4)CCN(CC(N)=NO)C5)ncc3F)cc2n1C(C)(C)C. The Morgan fingerprint density at radius 3 is 2.68 bits per heavy atom. The summed E-state index contributed by atoms with van der Waals surface area (Å²) in [5.41, 5.74) is 8.27. The number of hydrogen-bond acceptors (Lipinski definition) is 8. The molecule has 4 N–H and O–H groups in total. The minimum Gasteiger partial charge on any atom is -0.409 e. The van der Waals surface area contributed by atoms with Crippen LogP contribution in [0.15, 0.2) is 35.6 Å². The van der Waals surface area contributed by atoms with Crippen LogP contribution in [0.5, 0.6) is 0 Å². The first kappa shape index (κ1) is 25.5. The Hall–Kier alpha value is -4.19. The van der Waals surface area contributed by atoms with E-state index >= 15 is 4.39 Å². The van der Waals surface area contributed by atoms with Crippen LogP contribution in [0.2, 0.25) is 0 Å². The van der Waals surface area contributed by atoms with Crippen molar-refractivity contribution in [2.75, 3.05) is 18.4 Å². The Bertz CT molecular complexity index is 1560. The number of nitrogens with one attached hydrogen (secondary N) is 1. The molecule has 3 aromatic heterocycles. The first-order valence-electron chi connectivity index (χ1n) is 12.2. The summed E-state index contributed by atoms with van der Waals surface area (Å²) in [6.45, 7) is 9.51. The molecule has 0 amide bonds. The molecule has 4 aromatic rings. The lowest BCUT2D eigenvalue weighted by molar-refractivity contribution is 0.275. The average Bonchev–Trinajstić information content (AvgIpc) is 3.22. The van der Waals surface area contributed by atoms with Crippen molar-refractivity contribution in [3.8, 4) is 11.3 Å². The van der Waals surface area contributed by atoms with E-state index in [9.17, 15) is 4.39 Å². The van der Waals surface area contributed by atoms with Gasteiger partial charge in [0.2, 0.25) is 5.95 Å². The standard InChI is InChI=1S/C26H29F2N9O/c1-14-31-24-17(27)9-16(10-20(24)37(14)26(2,3)4)23-18(28)11-30-25(34-23)33-22-6-5-15-12-36(13-21(29)35-38)8-7-19(15)32-22/h5-6,9-11,38H,7-8,12-13H2,1-4H3,(H2,29,35)(H,30,32,33,34). The number of hydrogen-bond donors (Lipinski definition) is 3. The minimum absolute atomic E-state index is 0.0284. The second-order valence-corrected chi connectivity index (χ2v) is 10.4. The number of oxime groups is 1. The van der Waals surface area contributed by atoms with Crippen molar-refractivity contribution in [2.24, 2.45) is 10.9 Å². The van der Waals surface area contributed by atoms with Gasteiger partial charge in [-0.05, 0) is 51.5 Å². The molecule has 0 radical (unpaired) electrons. The van der Waals surface area contributed by atoms with Crippen LogP contribution in [-0.4, -0.2) is 53.5 Å². The van der Waals surface area contributed by atoms with Crippen molar-refractivity contribution in [1.82, 2.24) is 29.4 Å². The predicted molar refractivity (Wildman–Crippen MR) is 140 cm³/mol. The molecule has 0 saturated heterocycles. The fraction of sp³-hybridized carbons (Fsp3) is 0.346. The molecule has 1 aromatic carbocycles. The molecule has 12 heteroatoms. The smallest absolute Gasteiger partial charge is 0.229 e. The summed E-state index contributed by atoms with van der Waals surface area (Å²) in [4.78, 5) is 19.5. The molecule has 0 atom stereocenters. The lowest BCUT2D eigenvalue weighted by Crippen LogP contribution is -2.38. The van der Waals surface area contributed by atoms with Gasteiger partial charge in [-0.1, -0.05) is 11.2 Å².